The van der Waals surface area contributed by atoms with E-state index in [0.717, 1.165) is 25.2 Å². The fourth-order valence-electron chi connectivity index (χ4n) is 2.05. The Labute approximate surface area is 118 Å². The summed E-state index contributed by atoms with van der Waals surface area (Å²) in [5, 5.41) is 10.5. The van der Waals surface area contributed by atoms with Gasteiger partial charge in [-0.2, -0.15) is 0 Å². The van der Waals surface area contributed by atoms with Gasteiger partial charge in [-0.05, 0) is 5.56 Å². The molecule has 1 saturated heterocycles. The van der Waals surface area contributed by atoms with Gasteiger partial charge in [-0.15, -0.1) is 12.4 Å². The summed E-state index contributed by atoms with van der Waals surface area (Å²) in [6, 6.07) is 6.67. The number of halogens is 1. The summed E-state index contributed by atoms with van der Waals surface area (Å²) in [5.74, 6) is 0. The molecule has 19 heavy (non-hydrogen) atoms. The molecule has 2 rings (SSSR count). The zero-order chi connectivity index (χ0) is 13.0. The number of nitro benzene ring substituents is 1. The topological polar surface area (TPSA) is 81.6 Å². The standard InChI is InChI=1S/C12H17N3O3.ClH/c13-7-12-9-14(5-6-18-12)8-10-1-3-11(4-2-10)15(16)17;/h1-4,12H,5-9,13H2;1H. The van der Waals surface area contributed by atoms with Gasteiger partial charge in [0.15, 0.2) is 0 Å². The first-order valence-corrected chi connectivity index (χ1v) is 5.96. The molecule has 1 aromatic rings. The van der Waals surface area contributed by atoms with Gasteiger partial charge in [0.05, 0.1) is 17.6 Å². The minimum atomic E-state index is -0.386. The van der Waals surface area contributed by atoms with E-state index in [2.05, 4.69) is 4.90 Å². The van der Waals surface area contributed by atoms with Gasteiger partial charge >= 0.3 is 0 Å². The van der Waals surface area contributed by atoms with Crippen LogP contribution in [0, 0.1) is 10.1 Å². The molecule has 1 aliphatic rings. The molecule has 0 spiro atoms. The van der Waals surface area contributed by atoms with Crippen molar-refractivity contribution in [2.45, 2.75) is 12.6 Å². The van der Waals surface area contributed by atoms with Crippen molar-refractivity contribution < 1.29 is 9.66 Å². The Morgan fingerprint density at radius 2 is 2.11 bits per heavy atom. The molecule has 1 aromatic carbocycles. The van der Waals surface area contributed by atoms with Crippen molar-refractivity contribution in [2.75, 3.05) is 26.2 Å². The Hall–Kier alpha value is -1.21. The largest absolute Gasteiger partial charge is 0.374 e. The van der Waals surface area contributed by atoms with Crippen molar-refractivity contribution in [3.05, 3.63) is 39.9 Å². The first-order valence-electron chi connectivity index (χ1n) is 5.96. The van der Waals surface area contributed by atoms with Crippen LogP contribution >= 0.6 is 12.4 Å². The maximum atomic E-state index is 10.5. The van der Waals surface area contributed by atoms with Crippen LogP contribution < -0.4 is 5.73 Å². The molecule has 0 radical (unpaired) electrons. The van der Waals surface area contributed by atoms with Crippen molar-refractivity contribution >= 4 is 18.1 Å². The van der Waals surface area contributed by atoms with Gasteiger partial charge in [-0.1, -0.05) is 12.1 Å². The van der Waals surface area contributed by atoms with Crippen LogP contribution in [0.25, 0.3) is 0 Å². The lowest BCUT2D eigenvalue weighted by molar-refractivity contribution is -0.384. The van der Waals surface area contributed by atoms with E-state index in [9.17, 15) is 10.1 Å². The summed E-state index contributed by atoms with van der Waals surface area (Å²) in [4.78, 5) is 12.4. The third kappa shape index (κ3) is 4.43. The van der Waals surface area contributed by atoms with E-state index in [1.165, 1.54) is 12.1 Å². The maximum absolute atomic E-state index is 10.5. The van der Waals surface area contributed by atoms with Crippen LogP contribution in [0.2, 0.25) is 0 Å². The molecule has 1 unspecified atom stereocenters. The molecule has 7 heteroatoms. The number of non-ortho nitro benzene ring substituents is 1. The minimum absolute atomic E-state index is 0. The van der Waals surface area contributed by atoms with Crippen LogP contribution in [0.15, 0.2) is 24.3 Å². The van der Waals surface area contributed by atoms with Crippen molar-refractivity contribution in [1.82, 2.24) is 4.90 Å². The lowest BCUT2D eigenvalue weighted by Gasteiger charge is -2.32. The number of nitrogens with zero attached hydrogens (tertiary/aromatic N) is 2. The maximum Gasteiger partial charge on any atom is 0.269 e. The van der Waals surface area contributed by atoms with E-state index in [1.807, 2.05) is 0 Å². The molecule has 1 fully saturated rings. The average Bonchev–Trinajstić information content (AvgIpc) is 2.39. The molecule has 1 heterocycles. The third-order valence-electron chi connectivity index (χ3n) is 3.04. The van der Waals surface area contributed by atoms with Crippen LogP contribution in [0.4, 0.5) is 5.69 Å². The highest BCUT2D eigenvalue weighted by Gasteiger charge is 2.19. The lowest BCUT2D eigenvalue weighted by Crippen LogP contribution is -2.45. The molecule has 0 saturated carbocycles. The second kappa shape index (κ2) is 7.40. The first-order chi connectivity index (χ1) is 8.69. The van der Waals surface area contributed by atoms with E-state index < -0.39 is 0 Å². The second-order valence-corrected chi connectivity index (χ2v) is 4.39. The molecule has 6 nitrogen and oxygen atoms in total. The number of hydrogen-bond donors (Lipinski definition) is 1. The van der Waals surface area contributed by atoms with Crippen molar-refractivity contribution in [2.24, 2.45) is 5.73 Å². The summed E-state index contributed by atoms with van der Waals surface area (Å²) in [6.45, 7) is 3.67. The number of hydrogen-bond acceptors (Lipinski definition) is 5. The Bertz CT molecular complexity index is 413. The van der Waals surface area contributed by atoms with Gasteiger partial charge in [0.1, 0.15) is 0 Å². The zero-order valence-corrected chi connectivity index (χ0v) is 11.3. The minimum Gasteiger partial charge on any atom is -0.374 e. The van der Waals surface area contributed by atoms with Crippen LogP contribution in [0.1, 0.15) is 5.56 Å². The Balaban J connectivity index is 0.00000180. The number of nitro groups is 1. The Kier molecular flexibility index (Phi) is 6.17. The number of ether oxygens (including phenoxy) is 1. The smallest absolute Gasteiger partial charge is 0.269 e. The lowest BCUT2D eigenvalue weighted by atomic mass is 10.1. The summed E-state index contributed by atoms with van der Waals surface area (Å²) < 4.78 is 5.49. The van der Waals surface area contributed by atoms with Crippen LogP contribution in [-0.4, -0.2) is 42.2 Å². The fraction of sp³-hybridized carbons (Fsp3) is 0.500. The fourth-order valence-corrected chi connectivity index (χ4v) is 2.05. The zero-order valence-electron chi connectivity index (χ0n) is 10.5. The van der Waals surface area contributed by atoms with E-state index in [1.54, 1.807) is 12.1 Å². The van der Waals surface area contributed by atoms with Gasteiger partial charge in [-0.25, -0.2) is 0 Å². The highest BCUT2D eigenvalue weighted by atomic mass is 35.5. The third-order valence-corrected chi connectivity index (χ3v) is 3.04. The normalized spacial score (nSPS) is 19.7. The van der Waals surface area contributed by atoms with Gasteiger partial charge in [0, 0.05) is 38.3 Å². The van der Waals surface area contributed by atoms with E-state index in [-0.39, 0.29) is 29.1 Å². The van der Waals surface area contributed by atoms with Crippen molar-refractivity contribution in [3.63, 3.8) is 0 Å². The number of rotatable bonds is 4. The SMILES string of the molecule is Cl.NCC1CN(Cc2ccc([N+](=O)[O-])cc2)CCO1. The molecule has 1 atom stereocenters. The number of nitrogens with two attached hydrogens (primary N) is 1. The number of morpholine rings is 1. The van der Waals surface area contributed by atoms with Gasteiger partial charge in [0.2, 0.25) is 0 Å². The molecule has 106 valence electrons. The highest BCUT2D eigenvalue weighted by molar-refractivity contribution is 5.85. The molecular formula is C12H18ClN3O3. The quantitative estimate of drug-likeness (QED) is 0.664. The summed E-state index contributed by atoms with van der Waals surface area (Å²) in [5.41, 5.74) is 6.78. The summed E-state index contributed by atoms with van der Waals surface area (Å²) >= 11 is 0. The molecule has 0 aromatic heterocycles. The Morgan fingerprint density at radius 3 is 2.68 bits per heavy atom. The highest BCUT2D eigenvalue weighted by Crippen LogP contribution is 2.14. The average molecular weight is 288 g/mol. The summed E-state index contributed by atoms with van der Waals surface area (Å²) in [7, 11) is 0. The van der Waals surface area contributed by atoms with Gasteiger partial charge < -0.3 is 10.5 Å². The first kappa shape index (κ1) is 15.8. The van der Waals surface area contributed by atoms with Crippen LogP contribution in [0.3, 0.4) is 0 Å². The summed E-state index contributed by atoms with van der Waals surface area (Å²) in [6.07, 6.45) is 0.0943. The molecule has 0 bridgehead atoms. The molecule has 1 aliphatic heterocycles. The van der Waals surface area contributed by atoms with Gasteiger partial charge in [-0.3, -0.25) is 15.0 Å². The van der Waals surface area contributed by atoms with E-state index in [4.69, 9.17) is 10.5 Å². The van der Waals surface area contributed by atoms with Crippen molar-refractivity contribution in [1.29, 1.82) is 0 Å². The predicted octanol–water partition coefficient (Wildman–Crippen LogP) is 1.18. The molecule has 0 amide bonds. The van der Waals surface area contributed by atoms with E-state index in [0.29, 0.717) is 13.2 Å². The van der Waals surface area contributed by atoms with Gasteiger partial charge in [0.25, 0.3) is 5.69 Å². The molecule has 0 aliphatic carbocycles. The molecular weight excluding hydrogens is 270 g/mol. The second-order valence-electron chi connectivity index (χ2n) is 4.39. The monoisotopic (exact) mass is 287 g/mol. The van der Waals surface area contributed by atoms with Crippen LogP contribution in [0.5, 0.6) is 0 Å². The van der Waals surface area contributed by atoms with Crippen LogP contribution in [-0.2, 0) is 11.3 Å². The predicted molar refractivity (Wildman–Crippen MR) is 74.4 cm³/mol. The molecule has 2 N–H and O–H groups in total. The van der Waals surface area contributed by atoms with Crippen molar-refractivity contribution in [3.8, 4) is 0 Å². The Morgan fingerprint density at radius 1 is 1.42 bits per heavy atom. The number of benzene rings is 1. The van der Waals surface area contributed by atoms with E-state index >= 15 is 0 Å².